The third kappa shape index (κ3) is 4.57. The Morgan fingerprint density at radius 3 is 2.24 bits per heavy atom. The van der Waals surface area contributed by atoms with Gasteiger partial charge < -0.3 is 14.9 Å². The van der Waals surface area contributed by atoms with Crippen LogP contribution in [-0.4, -0.2) is 58.5 Å². The summed E-state index contributed by atoms with van der Waals surface area (Å²) in [5, 5.41) is 10.4. The Kier molecular flexibility index (Phi) is 5.37. The fourth-order valence-corrected chi connectivity index (χ4v) is 3.74. The lowest BCUT2D eigenvalue weighted by molar-refractivity contribution is -0.142. The van der Waals surface area contributed by atoms with Gasteiger partial charge in [0.05, 0.1) is 18.4 Å². The predicted molar refractivity (Wildman–Crippen MR) is 91.3 cm³/mol. The summed E-state index contributed by atoms with van der Waals surface area (Å²) in [6.07, 6.45) is 3.71. The molecule has 2 aliphatic rings. The smallest absolute Gasteiger partial charge is 0.227 e. The zero-order chi connectivity index (χ0) is 17.9. The number of amides is 2. The van der Waals surface area contributed by atoms with Gasteiger partial charge in [0.2, 0.25) is 11.8 Å². The Labute approximate surface area is 147 Å². The maximum Gasteiger partial charge on any atom is 0.227 e. The molecule has 1 heterocycles. The fraction of sp³-hybridized carbons (Fsp3) is 0.579. The molecule has 1 N–H and O–H groups in total. The van der Waals surface area contributed by atoms with Crippen LogP contribution in [0.4, 0.5) is 4.39 Å². The van der Waals surface area contributed by atoms with E-state index in [0.29, 0.717) is 44.6 Å². The van der Waals surface area contributed by atoms with E-state index in [-0.39, 0.29) is 30.5 Å². The van der Waals surface area contributed by atoms with E-state index in [1.54, 1.807) is 21.9 Å². The first kappa shape index (κ1) is 17.9. The lowest BCUT2D eigenvalue weighted by Gasteiger charge is -2.36. The molecular weight excluding hydrogens is 323 g/mol. The zero-order valence-corrected chi connectivity index (χ0v) is 14.4. The average molecular weight is 348 g/mol. The van der Waals surface area contributed by atoms with Crippen LogP contribution in [0.1, 0.15) is 37.7 Å². The SMILES string of the molecule is O=C(Cc1cccc(F)c1)N1CCN(C(=O)CC2(O)CCCC2)CC1. The Balaban J connectivity index is 1.48. The molecule has 1 aliphatic carbocycles. The van der Waals surface area contributed by atoms with Gasteiger partial charge in [0.1, 0.15) is 5.82 Å². The summed E-state index contributed by atoms with van der Waals surface area (Å²) in [6.45, 7) is 1.95. The first-order valence-corrected chi connectivity index (χ1v) is 8.98. The number of rotatable bonds is 4. The molecule has 1 saturated heterocycles. The number of aliphatic hydroxyl groups is 1. The number of benzene rings is 1. The minimum absolute atomic E-state index is 0.0263. The quantitative estimate of drug-likeness (QED) is 0.902. The van der Waals surface area contributed by atoms with Gasteiger partial charge in [-0.25, -0.2) is 4.39 Å². The van der Waals surface area contributed by atoms with E-state index in [1.165, 1.54) is 12.1 Å². The van der Waals surface area contributed by atoms with Crippen LogP contribution in [-0.2, 0) is 16.0 Å². The maximum absolute atomic E-state index is 13.2. The van der Waals surface area contributed by atoms with Crippen LogP contribution in [0.2, 0.25) is 0 Å². The number of hydrogen-bond acceptors (Lipinski definition) is 3. The van der Waals surface area contributed by atoms with Gasteiger partial charge in [-0.05, 0) is 30.5 Å². The van der Waals surface area contributed by atoms with Crippen molar-refractivity contribution in [1.29, 1.82) is 0 Å². The second kappa shape index (κ2) is 7.52. The van der Waals surface area contributed by atoms with Gasteiger partial charge in [0, 0.05) is 26.2 Å². The van der Waals surface area contributed by atoms with Crippen LogP contribution in [0.25, 0.3) is 0 Å². The van der Waals surface area contributed by atoms with Crippen LogP contribution in [0.5, 0.6) is 0 Å². The van der Waals surface area contributed by atoms with E-state index < -0.39 is 5.60 Å². The van der Waals surface area contributed by atoms with Gasteiger partial charge in [0.15, 0.2) is 0 Å². The first-order chi connectivity index (χ1) is 12.0. The molecule has 1 aliphatic heterocycles. The zero-order valence-electron chi connectivity index (χ0n) is 14.4. The molecule has 0 bridgehead atoms. The van der Waals surface area contributed by atoms with Crippen LogP contribution in [0, 0.1) is 5.82 Å². The highest BCUT2D eigenvalue weighted by molar-refractivity contribution is 5.80. The monoisotopic (exact) mass is 348 g/mol. The summed E-state index contributed by atoms with van der Waals surface area (Å²) in [7, 11) is 0. The highest BCUT2D eigenvalue weighted by Gasteiger charge is 2.35. The molecule has 1 saturated carbocycles. The van der Waals surface area contributed by atoms with Crippen molar-refractivity contribution in [3.63, 3.8) is 0 Å². The van der Waals surface area contributed by atoms with E-state index in [0.717, 1.165) is 12.8 Å². The molecule has 6 heteroatoms. The lowest BCUT2D eigenvalue weighted by Crippen LogP contribution is -2.52. The van der Waals surface area contributed by atoms with Crippen molar-refractivity contribution >= 4 is 11.8 Å². The molecular formula is C19H25FN2O3. The average Bonchev–Trinajstić information content (AvgIpc) is 3.01. The minimum atomic E-state index is -0.832. The highest BCUT2D eigenvalue weighted by atomic mass is 19.1. The second-order valence-corrected chi connectivity index (χ2v) is 7.18. The maximum atomic E-state index is 13.2. The second-order valence-electron chi connectivity index (χ2n) is 7.18. The van der Waals surface area contributed by atoms with E-state index in [4.69, 9.17) is 0 Å². The summed E-state index contributed by atoms with van der Waals surface area (Å²) >= 11 is 0. The topological polar surface area (TPSA) is 60.9 Å². The molecule has 2 amide bonds. The largest absolute Gasteiger partial charge is 0.389 e. The molecule has 3 rings (SSSR count). The van der Waals surface area contributed by atoms with Crippen LogP contribution in [0.3, 0.4) is 0 Å². The van der Waals surface area contributed by atoms with Gasteiger partial charge >= 0.3 is 0 Å². The van der Waals surface area contributed by atoms with Gasteiger partial charge in [-0.1, -0.05) is 25.0 Å². The van der Waals surface area contributed by atoms with E-state index in [2.05, 4.69) is 0 Å². The van der Waals surface area contributed by atoms with Crippen LogP contribution >= 0.6 is 0 Å². The molecule has 0 unspecified atom stereocenters. The van der Waals surface area contributed by atoms with Gasteiger partial charge in [-0.15, -0.1) is 0 Å². The number of halogens is 1. The molecule has 1 aromatic rings. The van der Waals surface area contributed by atoms with Gasteiger partial charge in [0.25, 0.3) is 0 Å². The molecule has 136 valence electrons. The molecule has 1 aromatic carbocycles. The fourth-order valence-electron chi connectivity index (χ4n) is 3.74. The Morgan fingerprint density at radius 2 is 1.64 bits per heavy atom. The number of nitrogens with zero attached hydrogens (tertiary/aromatic N) is 2. The van der Waals surface area contributed by atoms with E-state index in [1.807, 2.05) is 0 Å². The Hall–Kier alpha value is -1.95. The lowest BCUT2D eigenvalue weighted by atomic mass is 9.97. The highest BCUT2D eigenvalue weighted by Crippen LogP contribution is 2.32. The van der Waals surface area contributed by atoms with Crippen molar-refractivity contribution in [2.75, 3.05) is 26.2 Å². The summed E-state index contributed by atoms with van der Waals surface area (Å²) in [5.74, 6) is -0.417. The molecule has 25 heavy (non-hydrogen) atoms. The minimum Gasteiger partial charge on any atom is -0.389 e. The normalized spacial score (nSPS) is 19.9. The van der Waals surface area contributed by atoms with Gasteiger partial charge in [-0.2, -0.15) is 0 Å². The Morgan fingerprint density at radius 1 is 1.04 bits per heavy atom. The Bertz CT molecular complexity index is 635. The van der Waals surface area contributed by atoms with Crippen LogP contribution in [0.15, 0.2) is 24.3 Å². The third-order valence-electron chi connectivity index (χ3n) is 5.24. The molecule has 5 nitrogen and oxygen atoms in total. The summed E-state index contributed by atoms with van der Waals surface area (Å²) < 4.78 is 13.2. The van der Waals surface area contributed by atoms with E-state index in [9.17, 15) is 19.1 Å². The molecule has 2 fully saturated rings. The molecule has 0 radical (unpaired) electrons. The van der Waals surface area contributed by atoms with Crippen molar-refractivity contribution in [2.45, 2.75) is 44.1 Å². The van der Waals surface area contributed by atoms with Crippen molar-refractivity contribution in [3.05, 3.63) is 35.6 Å². The first-order valence-electron chi connectivity index (χ1n) is 8.98. The molecule has 0 atom stereocenters. The van der Waals surface area contributed by atoms with E-state index >= 15 is 0 Å². The van der Waals surface area contributed by atoms with Gasteiger partial charge in [-0.3, -0.25) is 9.59 Å². The molecule has 0 spiro atoms. The number of hydrogen-bond donors (Lipinski definition) is 1. The summed E-state index contributed by atoms with van der Waals surface area (Å²) in [6, 6.07) is 6.07. The summed E-state index contributed by atoms with van der Waals surface area (Å²) in [4.78, 5) is 28.2. The van der Waals surface area contributed by atoms with Crippen molar-refractivity contribution in [1.82, 2.24) is 9.80 Å². The standard InChI is InChI=1S/C19H25FN2O3/c20-16-5-3-4-15(12-16)13-17(23)21-8-10-22(11-9-21)18(24)14-19(25)6-1-2-7-19/h3-5,12,25H,1-2,6-11,13-14H2. The van der Waals surface area contributed by atoms with Crippen molar-refractivity contribution < 1.29 is 19.1 Å². The van der Waals surface area contributed by atoms with Crippen molar-refractivity contribution in [3.8, 4) is 0 Å². The summed E-state index contributed by atoms with van der Waals surface area (Å²) in [5.41, 5.74) is -0.173. The molecule has 0 aromatic heterocycles. The predicted octanol–water partition coefficient (Wildman–Crippen LogP) is 1.73. The number of carbonyl (C=O) groups excluding carboxylic acids is 2. The van der Waals surface area contributed by atoms with Crippen molar-refractivity contribution in [2.24, 2.45) is 0 Å². The number of piperazine rings is 1. The third-order valence-corrected chi connectivity index (χ3v) is 5.24. The number of carbonyl (C=O) groups is 2. The van der Waals surface area contributed by atoms with Crippen LogP contribution < -0.4 is 0 Å².